The average molecular weight is 335 g/mol. The molecule has 0 aromatic heterocycles. The molecule has 0 spiro atoms. The number of ether oxygens (including phenoxy) is 1. The molecule has 122 valence electrons. The number of carbonyl (C=O) groups is 1. The molecule has 2 aromatic rings. The Morgan fingerprint density at radius 3 is 2.52 bits per heavy atom. The number of benzene rings is 2. The number of carboxylic acids is 1. The van der Waals surface area contributed by atoms with Gasteiger partial charge in [-0.15, -0.1) is 0 Å². The van der Waals surface area contributed by atoms with Gasteiger partial charge >= 0.3 is 5.97 Å². The fourth-order valence-corrected chi connectivity index (χ4v) is 3.00. The summed E-state index contributed by atoms with van der Waals surface area (Å²) in [5, 5.41) is 8.58. The maximum Gasteiger partial charge on any atom is 0.341 e. The van der Waals surface area contributed by atoms with Gasteiger partial charge in [-0.2, -0.15) is 0 Å². The quantitative estimate of drug-likeness (QED) is 0.765. The Morgan fingerprint density at radius 2 is 1.83 bits per heavy atom. The van der Waals surface area contributed by atoms with E-state index in [1.165, 1.54) is 12.1 Å². The average Bonchev–Trinajstić information content (AvgIpc) is 2.54. The highest BCUT2D eigenvalue weighted by Gasteiger charge is 2.12. The number of hydrogen-bond donors (Lipinski definition) is 2. The van der Waals surface area contributed by atoms with E-state index in [2.05, 4.69) is 4.72 Å². The van der Waals surface area contributed by atoms with Crippen LogP contribution in [0, 0.1) is 0 Å². The van der Waals surface area contributed by atoms with Gasteiger partial charge in [0, 0.05) is 6.54 Å². The molecule has 2 N–H and O–H groups in total. The normalized spacial score (nSPS) is 11.1. The van der Waals surface area contributed by atoms with Gasteiger partial charge in [-0.25, -0.2) is 17.9 Å². The summed E-state index contributed by atoms with van der Waals surface area (Å²) in [7, 11) is -3.52. The predicted molar refractivity (Wildman–Crippen MR) is 84.9 cm³/mol. The van der Waals surface area contributed by atoms with Crippen LogP contribution in [0.15, 0.2) is 59.5 Å². The monoisotopic (exact) mass is 335 g/mol. The molecule has 0 unspecified atom stereocenters. The summed E-state index contributed by atoms with van der Waals surface area (Å²) in [5.74, 6) is -0.609. The van der Waals surface area contributed by atoms with E-state index in [1.54, 1.807) is 36.4 Å². The molecule has 0 saturated carbocycles. The largest absolute Gasteiger partial charge is 0.482 e. The lowest BCUT2D eigenvalue weighted by molar-refractivity contribution is -0.139. The first kappa shape index (κ1) is 17.0. The molecule has 0 aliphatic heterocycles. The lowest BCUT2D eigenvalue weighted by Gasteiger charge is -2.08. The van der Waals surface area contributed by atoms with Crippen molar-refractivity contribution in [2.75, 3.05) is 13.2 Å². The van der Waals surface area contributed by atoms with E-state index in [0.29, 0.717) is 12.2 Å². The lowest BCUT2D eigenvalue weighted by atomic mass is 10.1. The van der Waals surface area contributed by atoms with Crippen LogP contribution in [-0.2, 0) is 21.2 Å². The van der Waals surface area contributed by atoms with Crippen molar-refractivity contribution in [1.29, 1.82) is 0 Å². The van der Waals surface area contributed by atoms with Gasteiger partial charge < -0.3 is 9.84 Å². The van der Waals surface area contributed by atoms with Gasteiger partial charge in [-0.1, -0.05) is 30.3 Å². The minimum atomic E-state index is -3.52. The highest BCUT2D eigenvalue weighted by atomic mass is 32.2. The van der Waals surface area contributed by atoms with Crippen molar-refractivity contribution >= 4 is 16.0 Å². The van der Waals surface area contributed by atoms with Gasteiger partial charge in [0.1, 0.15) is 5.75 Å². The van der Waals surface area contributed by atoms with E-state index in [-0.39, 0.29) is 11.4 Å². The molecule has 2 aromatic carbocycles. The van der Waals surface area contributed by atoms with Crippen LogP contribution >= 0.6 is 0 Å². The lowest BCUT2D eigenvalue weighted by Crippen LogP contribution is -2.25. The summed E-state index contributed by atoms with van der Waals surface area (Å²) in [4.78, 5) is 10.7. The number of hydrogen-bond acceptors (Lipinski definition) is 4. The second kappa shape index (κ2) is 7.75. The minimum absolute atomic E-state index is 0.221. The first-order valence-corrected chi connectivity index (χ1v) is 8.44. The van der Waals surface area contributed by atoms with Crippen LogP contribution in [0.4, 0.5) is 0 Å². The van der Waals surface area contributed by atoms with E-state index in [0.717, 1.165) is 5.56 Å². The first-order chi connectivity index (χ1) is 11.0. The van der Waals surface area contributed by atoms with Crippen LogP contribution in [-0.4, -0.2) is 32.6 Å². The number of nitrogens with one attached hydrogen (secondary N) is 1. The van der Waals surface area contributed by atoms with Gasteiger partial charge in [0.2, 0.25) is 10.0 Å². The molecule has 0 fully saturated rings. The van der Waals surface area contributed by atoms with Crippen molar-refractivity contribution in [2.24, 2.45) is 0 Å². The molecular formula is C16H17NO5S. The van der Waals surface area contributed by atoms with Crippen molar-refractivity contribution in [1.82, 2.24) is 4.72 Å². The Bertz CT molecular complexity index is 759. The van der Waals surface area contributed by atoms with Crippen molar-refractivity contribution in [3.05, 3.63) is 60.2 Å². The fraction of sp³-hybridized carbons (Fsp3) is 0.188. The molecule has 6 nitrogen and oxygen atoms in total. The maximum absolute atomic E-state index is 12.1. The molecular weight excluding hydrogens is 318 g/mol. The third-order valence-corrected chi connectivity index (χ3v) is 4.50. The standard InChI is InChI=1S/C16H17NO5S/c18-16(19)12-22-14-6-4-5-13(11-14)9-10-17-23(20,21)15-7-2-1-3-8-15/h1-8,11,17H,9-10,12H2,(H,18,19). The van der Waals surface area contributed by atoms with E-state index >= 15 is 0 Å². The number of aliphatic carboxylic acids is 1. The van der Waals surface area contributed by atoms with Crippen LogP contribution in [0.2, 0.25) is 0 Å². The molecule has 0 saturated heterocycles. The third-order valence-electron chi connectivity index (χ3n) is 3.02. The summed E-state index contributed by atoms with van der Waals surface area (Å²) >= 11 is 0. The van der Waals surface area contributed by atoms with Crippen LogP contribution in [0.5, 0.6) is 5.75 Å². The Balaban J connectivity index is 1.91. The zero-order chi connectivity index (χ0) is 16.7. The van der Waals surface area contributed by atoms with Crippen molar-refractivity contribution < 1.29 is 23.1 Å². The SMILES string of the molecule is O=C(O)COc1cccc(CCNS(=O)(=O)c2ccccc2)c1. The van der Waals surface area contributed by atoms with Gasteiger partial charge in [-0.05, 0) is 36.2 Å². The second-order valence-corrected chi connectivity index (χ2v) is 6.56. The van der Waals surface area contributed by atoms with E-state index in [9.17, 15) is 13.2 Å². The molecule has 0 amide bonds. The molecule has 0 atom stereocenters. The van der Waals surface area contributed by atoms with Crippen molar-refractivity contribution in [3.63, 3.8) is 0 Å². The molecule has 0 aliphatic carbocycles. The zero-order valence-corrected chi connectivity index (χ0v) is 13.1. The van der Waals surface area contributed by atoms with E-state index in [4.69, 9.17) is 9.84 Å². The van der Waals surface area contributed by atoms with Gasteiger partial charge in [-0.3, -0.25) is 0 Å². The highest BCUT2D eigenvalue weighted by molar-refractivity contribution is 7.89. The van der Waals surface area contributed by atoms with Gasteiger partial charge in [0.15, 0.2) is 6.61 Å². The molecule has 23 heavy (non-hydrogen) atoms. The highest BCUT2D eigenvalue weighted by Crippen LogP contribution is 2.14. The van der Waals surface area contributed by atoms with Crippen LogP contribution < -0.4 is 9.46 Å². The summed E-state index contributed by atoms with van der Waals surface area (Å²) in [5.41, 5.74) is 0.851. The number of carboxylic acid groups (broad SMARTS) is 1. The molecule has 0 bridgehead atoms. The Morgan fingerprint density at radius 1 is 1.09 bits per heavy atom. The number of sulfonamides is 1. The second-order valence-electron chi connectivity index (χ2n) is 4.79. The fourth-order valence-electron chi connectivity index (χ4n) is 1.95. The van der Waals surface area contributed by atoms with Crippen LogP contribution in [0.25, 0.3) is 0 Å². The first-order valence-electron chi connectivity index (χ1n) is 6.95. The molecule has 0 heterocycles. The van der Waals surface area contributed by atoms with Crippen LogP contribution in [0.1, 0.15) is 5.56 Å². The molecule has 7 heteroatoms. The summed E-state index contributed by atoms with van der Waals surface area (Å²) in [6.45, 7) is -0.177. The van der Waals surface area contributed by atoms with Crippen molar-refractivity contribution in [3.8, 4) is 5.75 Å². The molecule has 0 aliphatic rings. The van der Waals surface area contributed by atoms with E-state index in [1.807, 2.05) is 6.07 Å². The Hall–Kier alpha value is -2.38. The minimum Gasteiger partial charge on any atom is -0.482 e. The predicted octanol–water partition coefficient (Wildman–Crippen LogP) is 1.67. The summed E-state index contributed by atoms with van der Waals surface area (Å²) in [6.07, 6.45) is 0.469. The smallest absolute Gasteiger partial charge is 0.341 e. The van der Waals surface area contributed by atoms with Crippen LogP contribution in [0.3, 0.4) is 0 Å². The van der Waals surface area contributed by atoms with Crippen molar-refractivity contribution in [2.45, 2.75) is 11.3 Å². The summed E-state index contributed by atoms with van der Waals surface area (Å²) < 4.78 is 31.7. The van der Waals surface area contributed by atoms with Gasteiger partial charge in [0.25, 0.3) is 0 Å². The Kier molecular flexibility index (Phi) is 5.72. The third kappa shape index (κ3) is 5.39. The summed E-state index contributed by atoms with van der Waals surface area (Å²) in [6, 6.07) is 15.0. The molecule has 0 radical (unpaired) electrons. The van der Waals surface area contributed by atoms with Gasteiger partial charge in [0.05, 0.1) is 4.90 Å². The zero-order valence-electron chi connectivity index (χ0n) is 12.3. The Labute approximate surface area is 134 Å². The number of rotatable bonds is 8. The molecule has 2 rings (SSSR count). The van der Waals surface area contributed by atoms with E-state index < -0.39 is 22.6 Å². The topological polar surface area (TPSA) is 92.7 Å². The maximum atomic E-state index is 12.1.